The molecule has 0 amide bonds. The fourth-order valence-corrected chi connectivity index (χ4v) is 1.54. The molecule has 4 nitrogen and oxygen atoms in total. The second-order valence-corrected chi connectivity index (χ2v) is 3.87. The molecular formula is C10H21N3O. The quantitative estimate of drug-likeness (QED) is 0.510. The Morgan fingerprint density at radius 3 is 2.71 bits per heavy atom. The Hall–Kier alpha value is -0.770. The number of hydrogen-bond acceptors (Lipinski definition) is 2. The van der Waals surface area contributed by atoms with Gasteiger partial charge < -0.3 is 15.8 Å². The second kappa shape index (κ2) is 5.20. The van der Waals surface area contributed by atoms with Crippen LogP contribution in [0.4, 0.5) is 0 Å². The van der Waals surface area contributed by atoms with Crippen molar-refractivity contribution in [3.63, 3.8) is 0 Å². The average molecular weight is 199 g/mol. The van der Waals surface area contributed by atoms with Crippen molar-refractivity contribution >= 4 is 5.96 Å². The van der Waals surface area contributed by atoms with Crippen molar-refractivity contribution in [2.75, 3.05) is 20.2 Å². The Morgan fingerprint density at radius 2 is 2.29 bits per heavy atom. The van der Waals surface area contributed by atoms with Crippen LogP contribution in [0.1, 0.15) is 32.6 Å². The molecule has 0 atom stereocenters. The van der Waals surface area contributed by atoms with Crippen LogP contribution in [0.25, 0.3) is 0 Å². The first-order valence-electron chi connectivity index (χ1n) is 5.31. The predicted molar refractivity (Wildman–Crippen MR) is 58.4 cm³/mol. The molecule has 0 spiro atoms. The number of guanidine groups is 1. The highest BCUT2D eigenvalue weighted by Gasteiger charge is 2.36. The van der Waals surface area contributed by atoms with Gasteiger partial charge in [-0.25, -0.2) is 0 Å². The maximum absolute atomic E-state index is 5.68. The molecule has 0 unspecified atom stereocenters. The van der Waals surface area contributed by atoms with Gasteiger partial charge in [0.15, 0.2) is 5.96 Å². The highest BCUT2D eigenvalue weighted by molar-refractivity contribution is 5.77. The molecule has 82 valence electrons. The average Bonchev–Trinajstić information content (AvgIpc) is 2.14. The van der Waals surface area contributed by atoms with Crippen LogP contribution in [-0.2, 0) is 4.74 Å². The van der Waals surface area contributed by atoms with Gasteiger partial charge in [0.05, 0.1) is 12.1 Å². The van der Waals surface area contributed by atoms with E-state index < -0.39 is 0 Å². The van der Waals surface area contributed by atoms with Gasteiger partial charge in [-0.2, -0.15) is 0 Å². The first kappa shape index (κ1) is 11.3. The zero-order chi connectivity index (χ0) is 10.4. The summed E-state index contributed by atoms with van der Waals surface area (Å²) in [5.41, 5.74) is 5.67. The topological polar surface area (TPSA) is 59.6 Å². The minimum atomic E-state index is -0.0154. The van der Waals surface area contributed by atoms with Crippen molar-refractivity contribution in [3.05, 3.63) is 0 Å². The molecule has 1 saturated carbocycles. The molecule has 14 heavy (non-hydrogen) atoms. The lowest BCUT2D eigenvalue weighted by molar-refractivity contribution is -0.0630. The molecule has 0 heterocycles. The van der Waals surface area contributed by atoms with E-state index in [1.807, 2.05) is 0 Å². The number of rotatable bonds is 5. The lowest BCUT2D eigenvalue weighted by atomic mass is 9.80. The number of nitrogens with one attached hydrogen (secondary N) is 1. The van der Waals surface area contributed by atoms with E-state index in [-0.39, 0.29) is 5.60 Å². The molecule has 0 aromatic carbocycles. The minimum Gasteiger partial charge on any atom is -0.376 e. The Balaban J connectivity index is 2.29. The van der Waals surface area contributed by atoms with Crippen LogP contribution < -0.4 is 11.1 Å². The van der Waals surface area contributed by atoms with Gasteiger partial charge in [0.25, 0.3) is 0 Å². The summed E-state index contributed by atoms with van der Waals surface area (Å²) in [5, 5.41) is 3.05. The zero-order valence-corrected chi connectivity index (χ0v) is 9.18. The predicted octanol–water partition coefficient (Wildman–Crippen LogP) is 0.870. The van der Waals surface area contributed by atoms with Crippen molar-refractivity contribution in [1.82, 2.24) is 5.32 Å². The van der Waals surface area contributed by atoms with Crippen molar-refractivity contribution in [2.24, 2.45) is 10.7 Å². The van der Waals surface area contributed by atoms with Gasteiger partial charge in [-0.1, -0.05) is 6.92 Å². The zero-order valence-electron chi connectivity index (χ0n) is 9.18. The van der Waals surface area contributed by atoms with Crippen LogP contribution in [0.3, 0.4) is 0 Å². The molecule has 0 aliphatic heterocycles. The summed E-state index contributed by atoms with van der Waals surface area (Å²) in [4.78, 5) is 4.28. The Morgan fingerprint density at radius 1 is 1.57 bits per heavy atom. The summed E-state index contributed by atoms with van der Waals surface area (Å²) in [6.45, 7) is 3.67. The van der Waals surface area contributed by atoms with Crippen LogP contribution in [-0.4, -0.2) is 31.8 Å². The first-order chi connectivity index (χ1) is 6.72. The number of nitrogens with zero attached hydrogens (tertiary/aromatic N) is 1. The van der Waals surface area contributed by atoms with Gasteiger partial charge in [-0.05, 0) is 25.7 Å². The fourth-order valence-electron chi connectivity index (χ4n) is 1.54. The monoisotopic (exact) mass is 199 g/mol. The molecule has 0 bridgehead atoms. The molecule has 0 saturated heterocycles. The molecule has 4 heteroatoms. The third kappa shape index (κ3) is 2.87. The number of methoxy groups -OCH3 is 1. The molecular weight excluding hydrogens is 178 g/mol. The van der Waals surface area contributed by atoms with Gasteiger partial charge in [0, 0.05) is 13.7 Å². The highest BCUT2D eigenvalue weighted by atomic mass is 16.5. The number of nitrogens with two attached hydrogens (primary N) is 1. The van der Waals surface area contributed by atoms with Crippen molar-refractivity contribution in [3.8, 4) is 0 Å². The second-order valence-electron chi connectivity index (χ2n) is 3.87. The SMILES string of the molecule is CCCNC(N)=NCC1(OC)CCC1. The Bertz CT molecular complexity index is 194. The van der Waals surface area contributed by atoms with Gasteiger partial charge in [-0.15, -0.1) is 0 Å². The largest absolute Gasteiger partial charge is 0.376 e. The Labute approximate surface area is 85.9 Å². The number of ether oxygens (including phenoxy) is 1. The summed E-state index contributed by atoms with van der Waals surface area (Å²) in [6.07, 6.45) is 4.51. The third-order valence-electron chi connectivity index (χ3n) is 2.79. The van der Waals surface area contributed by atoms with Crippen LogP contribution in [0.15, 0.2) is 4.99 Å². The normalized spacial score (nSPS) is 20.3. The molecule has 1 aliphatic rings. The van der Waals surface area contributed by atoms with E-state index in [1.54, 1.807) is 7.11 Å². The first-order valence-corrected chi connectivity index (χ1v) is 5.31. The minimum absolute atomic E-state index is 0.0154. The van der Waals surface area contributed by atoms with Gasteiger partial charge >= 0.3 is 0 Å². The van der Waals surface area contributed by atoms with Crippen molar-refractivity contribution < 1.29 is 4.74 Å². The Kier molecular flexibility index (Phi) is 4.20. The van der Waals surface area contributed by atoms with Crippen LogP contribution in [0, 0.1) is 0 Å². The van der Waals surface area contributed by atoms with E-state index >= 15 is 0 Å². The third-order valence-corrected chi connectivity index (χ3v) is 2.79. The highest BCUT2D eigenvalue weighted by Crippen LogP contribution is 2.34. The smallest absolute Gasteiger partial charge is 0.188 e. The molecule has 0 aromatic heterocycles. The van der Waals surface area contributed by atoms with E-state index in [0.29, 0.717) is 12.5 Å². The van der Waals surface area contributed by atoms with E-state index in [0.717, 1.165) is 25.8 Å². The molecule has 0 radical (unpaired) electrons. The van der Waals surface area contributed by atoms with Gasteiger partial charge in [-0.3, -0.25) is 4.99 Å². The van der Waals surface area contributed by atoms with E-state index in [1.165, 1.54) is 6.42 Å². The summed E-state index contributed by atoms with van der Waals surface area (Å²) in [6, 6.07) is 0. The summed E-state index contributed by atoms with van der Waals surface area (Å²) < 4.78 is 5.44. The van der Waals surface area contributed by atoms with E-state index in [9.17, 15) is 0 Å². The molecule has 1 rings (SSSR count). The van der Waals surface area contributed by atoms with E-state index in [4.69, 9.17) is 10.5 Å². The fraction of sp³-hybridized carbons (Fsp3) is 0.900. The van der Waals surface area contributed by atoms with Crippen LogP contribution >= 0.6 is 0 Å². The summed E-state index contributed by atoms with van der Waals surface area (Å²) >= 11 is 0. The lowest BCUT2D eigenvalue weighted by Gasteiger charge is -2.39. The maximum Gasteiger partial charge on any atom is 0.188 e. The van der Waals surface area contributed by atoms with Gasteiger partial charge in [0.1, 0.15) is 0 Å². The molecule has 3 N–H and O–H groups in total. The number of aliphatic imine (C=N–C) groups is 1. The van der Waals surface area contributed by atoms with Crippen molar-refractivity contribution in [2.45, 2.75) is 38.2 Å². The maximum atomic E-state index is 5.68. The lowest BCUT2D eigenvalue weighted by Crippen LogP contribution is -2.43. The summed E-state index contributed by atoms with van der Waals surface area (Å²) in [7, 11) is 1.75. The van der Waals surface area contributed by atoms with Crippen LogP contribution in [0.5, 0.6) is 0 Å². The summed E-state index contributed by atoms with van der Waals surface area (Å²) in [5.74, 6) is 0.537. The molecule has 0 aromatic rings. The molecule has 1 aliphatic carbocycles. The molecule has 1 fully saturated rings. The van der Waals surface area contributed by atoms with Crippen LogP contribution in [0.2, 0.25) is 0 Å². The number of hydrogen-bond donors (Lipinski definition) is 2. The van der Waals surface area contributed by atoms with E-state index in [2.05, 4.69) is 17.2 Å². The van der Waals surface area contributed by atoms with Crippen molar-refractivity contribution in [1.29, 1.82) is 0 Å². The standard InChI is InChI=1S/C10H21N3O/c1-3-7-12-9(11)13-8-10(14-2)5-4-6-10/h3-8H2,1-2H3,(H3,11,12,13). The van der Waals surface area contributed by atoms with Gasteiger partial charge in [0.2, 0.25) is 0 Å².